The van der Waals surface area contributed by atoms with E-state index in [4.69, 9.17) is 14.9 Å². The largest absolute Gasteiger partial charge is 0.477 e. The molecule has 2 aliphatic rings. The fourth-order valence-corrected chi connectivity index (χ4v) is 4.31. The zero-order valence-electron chi connectivity index (χ0n) is 14.9. The van der Waals surface area contributed by atoms with Gasteiger partial charge in [-0.05, 0) is 12.1 Å². The van der Waals surface area contributed by atoms with Gasteiger partial charge in [-0.1, -0.05) is 0 Å². The Balaban J connectivity index is 1.67. The molecule has 1 fully saturated rings. The molecule has 0 aliphatic carbocycles. The molecule has 0 radical (unpaired) electrons. The van der Waals surface area contributed by atoms with E-state index >= 15 is 0 Å². The van der Waals surface area contributed by atoms with Gasteiger partial charge in [-0.3, -0.25) is 19.3 Å². The third kappa shape index (κ3) is 3.90. The van der Waals surface area contributed by atoms with Crippen LogP contribution in [0.15, 0.2) is 34.1 Å². The molecule has 3 heterocycles. The maximum Gasteiger partial charge on any atom is 0.352 e. The van der Waals surface area contributed by atoms with Gasteiger partial charge in [0.25, 0.3) is 5.91 Å². The molecule has 2 aliphatic heterocycles. The lowest BCUT2D eigenvalue weighted by molar-refractivity contribution is -0.151. The van der Waals surface area contributed by atoms with Gasteiger partial charge in [0.05, 0.1) is 12.3 Å². The highest BCUT2D eigenvalue weighted by molar-refractivity contribution is 8.00. The highest BCUT2D eigenvalue weighted by Gasteiger charge is 2.54. The van der Waals surface area contributed by atoms with Crippen LogP contribution >= 0.6 is 11.8 Å². The summed E-state index contributed by atoms with van der Waals surface area (Å²) in [6.07, 6.45) is 1.65. The number of amides is 2. The normalized spacial score (nSPS) is 22.2. The Morgan fingerprint density at radius 3 is 2.86 bits per heavy atom. The number of carboxylic acid groups (broad SMARTS) is 1. The molecule has 10 nitrogen and oxygen atoms in total. The minimum atomic E-state index is -1.29. The number of nitrogens with one attached hydrogen (secondary N) is 1. The number of hydrogen-bond acceptors (Lipinski definition) is 8. The number of fused-ring (bicyclic) bond motifs is 1. The van der Waals surface area contributed by atoms with Crippen molar-refractivity contribution < 1.29 is 33.4 Å². The number of carbonyl (C=O) groups excluding carboxylic acids is 3. The van der Waals surface area contributed by atoms with Crippen LogP contribution in [0.4, 0.5) is 0 Å². The van der Waals surface area contributed by atoms with Crippen molar-refractivity contribution in [3.8, 4) is 0 Å². The number of hydrogen-bond donors (Lipinski definition) is 3. The van der Waals surface area contributed by atoms with Crippen LogP contribution in [0, 0.1) is 0 Å². The van der Waals surface area contributed by atoms with Crippen LogP contribution in [0.2, 0.25) is 0 Å². The number of furan rings is 1. The Labute approximate surface area is 164 Å². The molecule has 4 N–H and O–H groups in total. The maximum atomic E-state index is 12.5. The molecule has 2 unspecified atom stereocenters. The monoisotopic (exact) mass is 409 g/mol. The van der Waals surface area contributed by atoms with Crippen LogP contribution in [0.1, 0.15) is 12.7 Å². The van der Waals surface area contributed by atoms with Crippen molar-refractivity contribution in [1.82, 2.24) is 10.2 Å². The average Bonchev–Trinajstić information content (AvgIpc) is 3.15. The first-order valence-corrected chi connectivity index (χ1v) is 9.46. The Hall–Kier alpha value is -2.79. The van der Waals surface area contributed by atoms with Gasteiger partial charge in [-0.2, -0.15) is 0 Å². The van der Waals surface area contributed by atoms with Crippen molar-refractivity contribution in [1.29, 1.82) is 0 Å². The fraction of sp³-hybridized carbons (Fsp3) is 0.412. The summed E-state index contributed by atoms with van der Waals surface area (Å²) in [6.45, 7) is 1.01. The highest BCUT2D eigenvalue weighted by Crippen LogP contribution is 2.40. The standard InChI is InChI=1S/C17H19N3O7S/c1-8(21)27-6-9-7-28-16-12(15(23)20(16)13(9)17(24)25)19-14(22)11(18)5-10-3-2-4-26-10/h2-4,11-12,16H,5-7,18H2,1H3,(H,19,22)(H,24,25)/t11?,12?,16-/m1/s1. The van der Waals surface area contributed by atoms with Crippen molar-refractivity contribution in [2.75, 3.05) is 12.4 Å². The lowest BCUT2D eigenvalue weighted by atomic mass is 10.0. The second-order valence-electron chi connectivity index (χ2n) is 6.32. The van der Waals surface area contributed by atoms with Crippen molar-refractivity contribution in [2.45, 2.75) is 30.8 Å². The lowest BCUT2D eigenvalue weighted by Gasteiger charge is -2.49. The topological polar surface area (TPSA) is 152 Å². The zero-order chi connectivity index (χ0) is 20.4. The van der Waals surface area contributed by atoms with Crippen LogP contribution in [0.3, 0.4) is 0 Å². The zero-order valence-corrected chi connectivity index (χ0v) is 15.7. The molecule has 2 amide bonds. The summed E-state index contributed by atoms with van der Waals surface area (Å²) in [5, 5.41) is 11.5. The summed E-state index contributed by atoms with van der Waals surface area (Å²) in [5.41, 5.74) is 5.98. The van der Waals surface area contributed by atoms with E-state index < -0.39 is 41.2 Å². The van der Waals surface area contributed by atoms with Gasteiger partial charge in [-0.15, -0.1) is 11.8 Å². The van der Waals surface area contributed by atoms with E-state index in [1.54, 1.807) is 12.1 Å². The van der Waals surface area contributed by atoms with E-state index in [0.29, 0.717) is 11.3 Å². The summed E-state index contributed by atoms with van der Waals surface area (Å²) in [5.74, 6) is -2.11. The molecule has 0 saturated carbocycles. The van der Waals surface area contributed by atoms with Gasteiger partial charge in [0.1, 0.15) is 29.5 Å². The SMILES string of the molecule is CC(=O)OCC1=C(C(=O)O)N2C(=O)C(NC(=O)C(N)Cc3ccco3)[C@H]2SC1. The smallest absolute Gasteiger partial charge is 0.352 e. The number of thioether (sulfide) groups is 1. The first kappa shape index (κ1) is 20.0. The Morgan fingerprint density at radius 2 is 2.25 bits per heavy atom. The molecule has 3 atom stereocenters. The van der Waals surface area contributed by atoms with E-state index in [-0.39, 0.29) is 24.5 Å². The number of carbonyl (C=O) groups is 4. The minimum absolute atomic E-state index is 0.175. The molecule has 0 spiro atoms. The van der Waals surface area contributed by atoms with Gasteiger partial charge in [0.2, 0.25) is 5.91 Å². The minimum Gasteiger partial charge on any atom is -0.477 e. The molecule has 1 aromatic heterocycles. The van der Waals surface area contributed by atoms with Crippen LogP contribution in [0.25, 0.3) is 0 Å². The molecule has 11 heteroatoms. The number of nitrogens with two attached hydrogens (primary N) is 1. The molecule has 3 rings (SSSR count). The van der Waals surface area contributed by atoms with Crippen LogP contribution in [-0.2, 0) is 30.3 Å². The number of rotatable bonds is 7. The van der Waals surface area contributed by atoms with Gasteiger partial charge in [-0.25, -0.2) is 4.79 Å². The quantitative estimate of drug-likeness (QED) is 0.398. The summed E-state index contributed by atoms with van der Waals surface area (Å²) < 4.78 is 10.0. The van der Waals surface area contributed by atoms with E-state index in [1.807, 2.05) is 0 Å². The highest BCUT2D eigenvalue weighted by atomic mass is 32.2. The molecule has 1 aromatic rings. The van der Waals surface area contributed by atoms with Crippen LogP contribution < -0.4 is 11.1 Å². The lowest BCUT2D eigenvalue weighted by Crippen LogP contribution is -2.71. The van der Waals surface area contributed by atoms with Crippen molar-refractivity contribution in [3.63, 3.8) is 0 Å². The number of ether oxygens (including phenoxy) is 1. The Kier molecular flexibility index (Phi) is 5.75. The molecular formula is C17H19N3O7S. The van der Waals surface area contributed by atoms with E-state index in [2.05, 4.69) is 5.32 Å². The number of aliphatic carboxylic acids is 1. The summed E-state index contributed by atoms with van der Waals surface area (Å²) in [4.78, 5) is 48.6. The molecule has 0 aromatic carbocycles. The van der Waals surface area contributed by atoms with Gasteiger partial charge in [0.15, 0.2) is 0 Å². The van der Waals surface area contributed by atoms with Crippen molar-refractivity contribution >= 4 is 35.5 Å². The Morgan fingerprint density at radius 1 is 1.50 bits per heavy atom. The maximum absolute atomic E-state index is 12.5. The average molecular weight is 409 g/mol. The molecule has 1 saturated heterocycles. The number of β-lactam (4-membered cyclic amide) rings is 1. The second-order valence-corrected chi connectivity index (χ2v) is 7.43. The number of esters is 1. The summed E-state index contributed by atoms with van der Waals surface area (Å²) >= 11 is 1.28. The van der Waals surface area contributed by atoms with Crippen molar-refractivity contribution in [2.24, 2.45) is 5.73 Å². The van der Waals surface area contributed by atoms with E-state index in [0.717, 1.165) is 4.90 Å². The number of carboxylic acids is 1. The molecule has 0 bridgehead atoms. The fourth-order valence-electron chi connectivity index (χ4n) is 2.98. The first-order chi connectivity index (χ1) is 13.3. The van der Waals surface area contributed by atoms with Gasteiger partial charge >= 0.3 is 11.9 Å². The predicted molar refractivity (Wildman–Crippen MR) is 96.7 cm³/mol. The van der Waals surface area contributed by atoms with Crippen molar-refractivity contribution in [3.05, 3.63) is 35.4 Å². The van der Waals surface area contributed by atoms with Crippen LogP contribution in [0.5, 0.6) is 0 Å². The van der Waals surface area contributed by atoms with E-state index in [1.165, 1.54) is 24.9 Å². The second kappa shape index (κ2) is 8.07. The first-order valence-electron chi connectivity index (χ1n) is 8.41. The van der Waals surface area contributed by atoms with Gasteiger partial charge in [0, 0.05) is 24.7 Å². The third-order valence-corrected chi connectivity index (χ3v) is 5.67. The Bertz CT molecular complexity index is 836. The predicted octanol–water partition coefficient (Wildman–Crippen LogP) is -0.549. The van der Waals surface area contributed by atoms with Gasteiger partial charge < -0.3 is 25.3 Å². The number of nitrogens with zero attached hydrogens (tertiary/aromatic N) is 1. The summed E-state index contributed by atoms with van der Waals surface area (Å²) in [7, 11) is 0. The molecular weight excluding hydrogens is 390 g/mol. The summed E-state index contributed by atoms with van der Waals surface area (Å²) in [6, 6.07) is 1.59. The van der Waals surface area contributed by atoms with Crippen LogP contribution in [-0.4, -0.2) is 63.6 Å². The molecule has 28 heavy (non-hydrogen) atoms. The van der Waals surface area contributed by atoms with E-state index in [9.17, 15) is 24.3 Å². The third-order valence-electron chi connectivity index (χ3n) is 4.34. The molecule has 150 valence electrons.